The Morgan fingerprint density at radius 1 is 1.28 bits per heavy atom. The molecule has 0 saturated heterocycles. The molecule has 0 aliphatic heterocycles. The number of aliphatic hydroxyl groups is 2. The van der Waals surface area contributed by atoms with E-state index in [4.69, 9.17) is 4.74 Å². The fourth-order valence-electron chi connectivity index (χ4n) is 3.62. The highest BCUT2D eigenvalue weighted by atomic mass is 19.1. The lowest BCUT2D eigenvalue weighted by atomic mass is 9.85. The predicted molar refractivity (Wildman–Crippen MR) is 109 cm³/mol. The van der Waals surface area contributed by atoms with E-state index in [1.807, 2.05) is 32.9 Å². The normalized spacial score (nSPS) is 18.3. The summed E-state index contributed by atoms with van der Waals surface area (Å²) in [7, 11) is 1.47. The van der Waals surface area contributed by atoms with Crippen molar-refractivity contribution in [2.24, 2.45) is 0 Å². The van der Waals surface area contributed by atoms with Crippen molar-refractivity contribution < 1.29 is 24.1 Å². The molecule has 2 aromatic rings. The average molecular weight is 402 g/mol. The molecule has 0 spiro atoms. The number of aliphatic hydroxyl groups excluding tert-OH is 2. The molecular formula is C22H27FN2O4. The molecule has 0 radical (unpaired) electrons. The largest absolute Gasteiger partial charge is 0.494 e. The molecule has 1 unspecified atom stereocenters. The van der Waals surface area contributed by atoms with E-state index in [9.17, 15) is 19.4 Å². The molecule has 1 aliphatic carbocycles. The summed E-state index contributed by atoms with van der Waals surface area (Å²) < 4.78 is 18.9. The maximum atomic E-state index is 13.5. The van der Waals surface area contributed by atoms with Gasteiger partial charge < -0.3 is 25.6 Å². The van der Waals surface area contributed by atoms with Crippen LogP contribution in [-0.2, 0) is 18.4 Å². The number of hydrogen-bond acceptors (Lipinski definition) is 4. The van der Waals surface area contributed by atoms with Gasteiger partial charge in [0.1, 0.15) is 11.6 Å². The number of halogens is 1. The van der Waals surface area contributed by atoms with Gasteiger partial charge in [-0.2, -0.15) is 0 Å². The fraction of sp³-hybridized carbons (Fsp3) is 0.409. The zero-order chi connectivity index (χ0) is 21.3. The summed E-state index contributed by atoms with van der Waals surface area (Å²) in [5, 5.41) is 25.7. The van der Waals surface area contributed by atoms with E-state index in [1.165, 1.54) is 19.2 Å². The number of anilines is 1. The van der Waals surface area contributed by atoms with E-state index in [0.717, 1.165) is 11.1 Å². The first-order valence-corrected chi connectivity index (χ1v) is 9.50. The molecule has 3 rings (SSSR count). The number of benzene rings is 2. The fourth-order valence-corrected chi connectivity index (χ4v) is 3.62. The summed E-state index contributed by atoms with van der Waals surface area (Å²) in [6.07, 6.45) is -0.576. The van der Waals surface area contributed by atoms with Crippen molar-refractivity contribution in [2.75, 3.05) is 12.4 Å². The number of nitrogens with one attached hydrogen (secondary N) is 2. The van der Waals surface area contributed by atoms with Crippen LogP contribution in [0.4, 0.5) is 14.9 Å². The summed E-state index contributed by atoms with van der Waals surface area (Å²) in [6, 6.07) is 6.84. The van der Waals surface area contributed by atoms with Gasteiger partial charge in [0.25, 0.3) is 0 Å². The SMILES string of the molecule is COc1c(CO)cc(C(C)(C)C)cc1NC(=O)N[C@@H]1Cc2ccc(F)cc2C1O. The average Bonchev–Trinajstić information content (AvgIpc) is 2.95. The van der Waals surface area contributed by atoms with E-state index in [-0.39, 0.29) is 12.0 Å². The third-order valence-electron chi connectivity index (χ3n) is 5.22. The Kier molecular flexibility index (Phi) is 5.82. The monoisotopic (exact) mass is 402 g/mol. The molecule has 0 bridgehead atoms. The van der Waals surface area contributed by atoms with Crippen molar-refractivity contribution in [1.82, 2.24) is 5.32 Å². The van der Waals surface area contributed by atoms with Gasteiger partial charge in [-0.05, 0) is 52.8 Å². The van der Waals surface area contributed by atoms with Gasteiger partial charge in [-0.15, -0.1) is 0 Å². The Hall–Kier alpha value is -2.64. The van der Waals surface area contributed by atoms with Crippen LogP contribution in [0.1, 0.15) is 49.1 Å². The smallest absolute Gasteiger partial charge is 0.319 e. The highest BCUT2D eigenvalue weighted by Gasteiger charge is 2.32. The molecular weight excluding hydrogens is 375 g/mol. The van der Waals surface area contributed by atoms with Gasteiger partial charge >= 0.3 is 6.03 Å². The minimum absolute atomic E-state index is 0.198. The molecule has 0 fully saturated rings. The quantitative estimate of drug-likeness (QED) is 0.631. The molecule has 1 aliphatic rings. The first-order chi connectivity index (χ1) is 13.6. The second-order valence-corrected chi connectivity index (χ2v) is 8.32. The highest BCUT2D eigenvalue weighted by molar-refractivity contribution is 5.92. The van der Waals surface area contributed by atoms with Crippen LogP contribution in [0.15, 0.2) is 30.3 Å². The Morgan fingerprint density at radius 3 is 2.62 bits per heavy atom. The zero-order valence-corrected chi connectivity index (χ0v) is 17.0. The maximum Gasteiger partial charge on any atom is 0.319 e. The maximum absolute atomic E-state index is 13.5. The van der Waals surface area contributed by atoms with Crippen molar-refractivity contribution in [1.29, 1.82) is 0 Å². The highest BCUT2D eigenvalue weighted by Crippen LogP contribution is 2.36. The molecule has 0 saturated carbocycles. The van der Waals surface area contributed by atoms with Gasteiger partial charge in [0.15, 0.2) is 0 Å². The van der Waals surface area contributed by atoms with Gasteiger partial charge in [-0.1, -0.05) is 26.8 Å². The number of carbonyl (C=O) groups excluding carboxylic acids is 1. The molecule has 7 heteroatoms. The molecule has 0 heterocycles. The van der Waals surface area contributed by atoms with Gasteiger partial charge in [-0.25, -0.2) is 9.18 Å². The van der Waals surface area contributed by atoms with Crippen molar-refractivity contribution in [3.8, 4) is 5.75 Å². The predicted octanol–water partition coefficient (Wildman–Crippen LogP) is 3.40. The molecule has 6 nitrogen and oxygen atoms in total. The number of carbonyl (C=O) groups is 1. The Labute approximate surface area is 169 Å². The summed E-state index contributed by atoms with van der Waals surface area (Å²) >= 11 is 0. The van der Waals surface area contributed by atoms with Gasteiger partial charge in [0.2, 0.25) is 0 Å². The topological polar surface area (TPSA) is 90.8 Å². The summed E-state index contributed by atoms with van der Waals surface area (Å²) in [5.74, 6) is -0.0406. The van der Waals surface area contributed by atoms with Crippen molar-refractivity contribution in [3.63, 3.8) is 0 Å². The van der Waals surface area contributed by atoms with Crippen LogP contribution >= 0.6 is 0 Å². The summed E-state index contributed by atoms with van der Waals surface area (Å²) in [5.41, 5.74) is 3.03. The van der Waals surface area contributed by atoms with Gasteiger partial charge in [-0.3, -0.25) is 0 Å². The number of ether oxygens (including phenoxy) is 1. The molecule has 2 atom stereocenters. The van der Waals surface area contributed by atoms with Crippen LogP contribution in [0.2, 0.25) is 0 Å². The Bertz CT molecular complexity index is 924. The van der Waals surface area contributed by atoms with Crippen LogP contribution in [0.5, 0.6) is 5.75 Å². The lowest BCUT2D eigenvalue weighted by Gasteiger charge is -2.24. The minimum atomic E-state index is -0.984. The molecule has 29 heavy (non-hydrogen) atoms. The lowest BCUT2D eigenvalue weighted by molar-refractivity contribution is 0.144. The number of amides is 2. The third kappa shape index (κ3) is 4.36. The van der Waals surface area contributed by atoms with Crippen LogP contribution in [0.3, 0.4) is 0 Å². The van der Waals surface area contributed by atoms with E-state index < -0.39 is 24.0 Å². The first-order valence-electron chi connectivity index (χ1n) is 9.50. The van der Waals surface area contributed by atoms with E-state index >= 15 is 0 Å². The number of urea groups is 1. The zero-order valence-electron chi connectivity index (χ0n) is 17.0. The van der Waals surface area contributed by atoms with E-state index in [0.29, 0.717) is 29.0 Å². The summed E-state index contributed by atoms with van der Waals surface area (Å²) in [6.45, 7) is 5.87. The van der Waals surface area contributed by atoms with Gasteiger partial charge in [0, 0.05) is 5.56 Å². The van der Waals surface area contributed by atoms with Gasteiger partial charge in [0.05, 0.1) is 31.5 Å². The second-order valence-electron chi connectivity index (χ2n) is 8.32. The Balaban J connectivity index is 1.80. The minimum Gasteiger partial charge on any atom is -0.494 e. The van der Waals surface area contributed by atoms with Crippen LogP contribution in [0, 0.1) is 5.82 Å². The van der Waals surface area contributed by atoms with Crippen LogP contribution in [0.25, 0.3) is 0 Å². The molecule has 0 aromatic heterocycles. The third-order valence-corrected chi connectivity index (χ3v) is 5.22. The van der Waals surface area contributed by atoms with Crippen LogP contribution < -0.4 is 15.4 Å². The number of fused-ring (bicyclic) bond motifs is 1. The summed E-state index contributed by atoms with van der Waals surface area (Å²) in [4.78, 5) is 12.6. The van der Waals surface area contributed by atoms with Crippen molar-refractivity contribution in [3.05, 3.63) is 58.4 Å². The van der Waals surface area contributed by atoms with Crippen molar-refractivity contribution in [2.45, 2.75) is 51.4 Å². The number of rotatable bonds is 4. The number of methoxy groups -OCH3 is 1. The molecule has 2 amide bonds. The number of hydrogen-bond donors (Lipinski definition) is 4. The molecule has 156 valence electrons. The Morgan fingerprint density at radius 2 is 2.00 bits per heavy atom. The van der Waals surface area contributed by atoms with E-state index in [1.54, 1.807) is 6.07 Å². The second kappa shape index (κ2) is 8.00. The first kappa shape index (κ1) is 21.1. The van der Waals surface area contributed by atoms with Crippen LogP contribution in [-0.4, -0.2) is 29.4 Å². The molecule has 4 N–H and O–H groups in total. The standard InChI is InChI=1S/C22H27FN2O4/c1-22(2,3)14-7-13(11-26)20(29-4)18(9-14)25-21(28)24-17-8-12-5-6-15(23)10-16(12)19(17)27/h5-7,9-10,17,19,26-27H,8,11H2,1-4H3,(H2,24,25,28)/t17-,19?/m1/s1. The lowest BCUT2D eigenvalue weighted by Crippen LogP contribution is -2.40. The van der Waals surface area contributed by atoms with Crippen molar-refractivity contribution >= 4 is 11.7 Å². The molecule has 2 aromatic carbocycles. The van der Waals surface area contributed by atoms with E-state index in [2.05, 4.69) is 10.6 Å².